The second kappa shape index (κ2) is 10.6. The van der Waals surface area contributed by atoms with Gasteiger partial charge in [-0.05, 0) is 93.7 Å². The summed E-state index contributed by atoms with van der Waals surface area (Å²) in [5, 5.41) is 2.11. The molecule has 0 radical (unpaired) electrons. The van der Waals surface area contributed by atoms with Crippen LogP contribution in [0.5, 0.6) is 0 Å². The van der Waals surface area contributed by atoms with Crippen LogP contribution in [0.25, 0.3) is 33.1 Å². The van der Waals surface area contributed by atoms with E-state index >= 15 is 4.39 Å². The van der Waals surface area contributed by atoms with Crippen molar-refractivity contribution in [3.8, 4) is 11.1 Å². The molecule has 3 unspecified atom stereocenters. The van der Waals surface area contributed by atoms with Gasteiger partial charge in [0.1, 0.15) is 22.8 Å². The van der Waals surface area contributed by atoms with Crippen molar-refractivity contribution in [2.45, 2.75) is 44.4 Å². The van der Waals surface area contributed by atoms with E-state index in [0.29, 0.717) is 0 Å². The first-order valence-corrected chi connectivity index (χ1v) is 17.8. The quantitative estimate of drug-likeness (QED) is 0.188. The van der Waals surface area contributed by atoms with Gasteiger partial charge in [-0.1, -0.05) is 112 Å². The largest absolute Gasteiger partial charge is 0.456 e. The monoisotopic (exact) mass is 664 g/mol. The van der Waals surface area contributed by atoms with Gasteiger partial charge in [0.15, 0.2) is 0 Å². The predicted octanol–water partition coefficient (Wildman–Crippen LogP) is 12.4. The molecule has 248 valence electrons. The average molecular weight is 665 g/mol. The van der Waals surface area contributed by atoms with Gasteiger partial charge in [0.05, 0.1) is 16.5 Å². The molecular formula is C47H37FN2O. The Balaban J connectivity index is 1.37. The Hall–Kier alpha value is -5.74. The number of furan rings is 1. The normalized spacial score (nSPS) is 19.8. The first-order valence-electron chi connectivity index (χ1n) is 17.8. The fourth-order valence-electron chi connectivity index (χ4n) is 9.24. The zero-order valence-electron chi connectivity index (χ0n) is 29.1. The van der Waals surface area contributed by atoms with Crippen LogP contribution in [0.3, 0.4) is 0 Å². The summed E-state index contributed by atoms with van der Waals surface area (Å²) in [6, 6.07) is 37.8. The zero-order valence-corrected chi connectivity index (χ0v) is 29.1. The number of aryl methyl sites for hydroxylation is 1. The van der Waals surface area contributed by atoms with Gasteiger partial charge in [-0.25, -0.2) is 9.37 Å². The van der Waals surface area contributed by atoms with E-state index in [-0.39, 0.29) is 23.1 Å². The number of fused-ring (bicyclic) bond motifs is 14. The molecule has 2 aromatic heterocycles. The highest BCUT2D eigenvalue weighted by atomic mass is 19.1. The molecule has 0 saturated carbocycles. The van der Waals surface area contributed by atoms with Gasteiger partial charge in [-0.3, -0.25) is 4.90 Å². The van der Waals surface area contributed by atoms with Gasteiger partial charge in [0, 0.05) is 34.7 Å². The van der Waals surface area contributed by atoms with Crippen molar-refractivity contribution in [1.29, 1.82) is 0 Å². The van der Waals surface area contributed by atoms with Crippen LogP contribution in [-0.2, 0) is 10.8 Å². The molecule has 0 amide bonds. The fourth-order valence-corrected chi connectivity index (χ4v) is 9.24. The van der Waals surface area contributed by atoms with Gasteiger partial charge in [0.25, 0.3) is 0 Å². The minimum Gasteiger partial charge on any atom is -0.456 e. The van der Waals surface area contributed by atoms with Crippen molar-refractivity contribution >= 4 is 39.1 Å². The third kappa shape index (κ3) is 4.14. The van der Waals surface area contributed by atoms with Crippen LogP contribution in [0.4, 0.5) is 21.6 Å². The fraction of sp³-hybridized carbons (Fsp3) is 0.170. The van der Waals surface area contributed by atoms with Crippen molar-refractivity contribution in [2.75, 3.05) is 4.90 Å². The highest BCUT2D eigenvalue weighted by Gasteiger charge is 2.58. The molecule has 1 spiro atoms. The van der Waals surface area contributed by atoms with Gasteiger partial charge >= 0.3 is 0 Å². The van der Waals surface area contributed by atoms with Crippen LogP contribution < -0.4 is 4.90 Å². The second-order valence-electron chi connectivity index (χ2n) is 15.4. The molecule has 0 aliphatic heterocycles. The molecule has 0 bridgehead atoms. The van der Waals surface area contributed by atoms with Crippen molar-refractivity contribution in [1.82, 2.24) is 4.98 Å². The van der Waals surface area contributed by atoms with Gasteiger partial charge in [0.2, 0.25) is 0 Å². The Labute approximate surface area is 297 Å². The van der Waals surface area contributed by atoms with Crippen molar-refractivity contribution in [2.24, 2.45) is 5.92 Å². The Morgan fingerprint density at radius 1 is 0.765 bits per heavy atom. The van der Waals surface area contributed by atoms with E-state index < -0.39 is 5.41 Å². The average Bonchev–Trinajstić information content (AvgIpc) is 3.76. The number of anilines is 3. The minimum atomic E-state index is -0.639. The van der Waals surface area contributed by atoms with Crippen LogP contribution >= 0.6 is 0 Å². The summed E-state index contributed by atoms with van der Waals surface area (Å²) < 4.78 is 22.6. The number of hydrogen-bond acceptors (Lipinski definition) is 3. The number of para-hydroxylation sites is 1. The summed E-state index contributed by atoms with van der Waals surface area (Å²) >= 11 is 0. The van der Waals surface area contributed by atoms with E-state index in [2.05, 4.69) is 142 Å². The molecule has 3 aliphatic rings. The summed E-state index contributed by atoms with van der Waals surface area (Å²) in [4.78, 5) is 7.32. The molecule has 0 fully saturated rings. The molecule has 10 rings (SSSR count). The lowest BCUT2D eigenvalue weighted by Gasteiger charge is -2.36. The maximum Gasteiger partial charge on any atom is 0.141 e. The van der Waals surface area contributed by atoms with E-state index in [1.54, 1.807) is 12.1 Å². The first-order chi connectivity index (χ1) is 24.7. The molecule has 51 heavy (non-hydrogen) atoms. The number of aromatic nitrogens is 1. The number of benzene rings is 5. The maximum absolute atomic E-state index is 15.5. The molecule has 4 heteroatoms. The van der Waals surface area contributed by atoms with Crippen molar-refractivity contribution in [3.63, 3.8) is 0 Å². The van der Waals surface area contributed by atoms with Crippen LogP contribution in [0, 0.1) is 18.7 Å². The number of rotatable bonds is 3. The second-order valence-corrected chi connectivity index (χ2v) is 15.4. The first kappa shape index (κ1) is 30.1. The molecular weight excluding hydrogens is 628 g/mol. The Morgan fingerprint density at radius 2 is 1.53 bits per heavy atom. The zero-order chi connectivity index (χ0) is 34.6. The Kier molecular flexibility index (Phi) is 6.28. The lowest BCUT2D eigenvalue weighted by Crippen LogP contribution is -2.33. The third-order valence-corrected chi connectivity index (χ3v) is 11.5. The molecule has 5 aromatic carbocycles. The van der Waals surface area contributed by atoms with Crippen LogP contribution in [-0.4, -0.2) is 4.98 Å². The Bertz CT molecular complexity index is 2600. The number of allylic oxidation sites excluding steroid dienone is 4. The molecule has 3 nitrogen and oxygen atoms in total. The molecule has 0 saturated heterocycles. The summed E-state index contributed by atoms with van der Waals surface area (Å²) in [6.45, 7) is 8.79. The standard InChI is InChI=1S/C47H37FN2O/c1-28-17-24-42(49-27-28)50(31-21-18-29(19-22-31)46(2,3)4)40-26-39-43(45-44(40)35-13-7-10-16-41(35)51-45)34-12-6-9-15-37(34)47(39)36-14-8-5-11-32(36)33-23-20-30(48)25-38(33)47/h5-27,34,37H,1-4H3. The SMILES string of the molecule is Cc1ccc(N(c2ccc(C(C)(C)C)cc2)c2cc3c(c4oc5ccccc5c24)C2C=CC=CC2C32c3ccccc3-c3ccc(F)cc32)nc1. The topological polar surface area (TPSA) is 29.3 Å². The lowest BCUT2D eigenvalue weighted by molar-refractivity contribution is 0.463. The van der Waals surface area contributed by atoms with E-state index in [9.17, 15) is 0 Å². The summed E-state index contributed by atoms with van der Waals surface area (Å²) in [6.07, 6.45) is 10.9. The minimum absolute atomic E-state index is 0.00923. The number of pyridine rings is 1. The summed E-state index contributed by atoms with van der Waals surface area (Å²) in [7, 11) is 0. The molecule has 3 aliphatic carbocycles. The molecule has 7 aromatic rings. The lowest BCUT2D eigenvalue weighted by atomic mass is 9.65. The summed E-state index contributed by atoms with van der Waals surface area (Å²) in [5.41, 5.74) is 12.2. The van der Waals surface area contributed by atoms with Crippen molar-refractivity contribution < 1.29 is 8.81 Å². The molecule has 3 atom stereocenters. The highest BCUT2D eigenvalue weighted by Crippen LogP contribution is 2.67. The van der Waals surface area contributed by atoms with E-state index in [4.69, 9.17) is 9.40 Å². The van der Waals surface area contributed by atoms with Crippen molar-refractivity contribution in [3.05, 3.63) is 179 Å². The predicted molar refractivity (Wildman–Crippen MR) is 206 cm³/mol. The summed E-state index contributed by atoms with van der Waals surface area (Å²) in [5.74, 6) is 0.640. The number of nitrogens with zero attached hydrogens (tertiary/aromatic N) is 2. The van der Waals surface area contributed by atoms with E-state index in [1.807, 2.05) is 18.3 Å². The maximum atomic E-state index is 15.5. The van der Waals surface area contributed by atoms with Crippen LogP contribution in [0.15, 0.2) is 144 Å². The number of halogens is 1. The van der Waals surface area contributed by atoms with Gasteiger partial charge < -0.3 is 4.42 Å². The smallest absolute Gasteiger partial charge is 0.141 e. The Morgan fingerprint density at radius 3 is 2.33 bits per heavy atom. The van der Waals surface area contributed by atoms with Gasteiger partial charge in [-0.15, -0.1) is 0 Å². The molecule has 2 heterocycles. The van der Waals surface area contributed by atoms with Crippen LogP contribution in [0.2, 0.25) is 0 Å². The highest BCUT2D eigenvalue weighted by molar-refractivity contribution is 6.15. The van der Waals surface area contributed by atoms with Crippen LogP contribution in [0.1, 0.15) is 60.1 Å². The third-order valence-electron chi connectivity index (χ3n) is 11.5. The van der Waals surface area contributed by atoms with Gasteiger partial charge in [-0.2, -0.15) is 0 Å². The van der Waals surface area contributed by atoms with E-state index in [1.165, 1.54) is 16.7 Å². The van der Waals surface area contributed by atoms with E-state index in [0.717, 1.165) is 66.9 Å². The molecule has 0 N–H and O–H groups in total. The number of hydrogen-bond donors (Lipinski definition) is 0.